The number of aryl methyl sites for hydroxylation is 1. The van der Waals surface area contributed by atoms with Gasteiger partial charge in [-0.15, -0.1) is 0 Å². The van der Waals surface area contributed by atoms with E-state index in [1.165, 1.54) is 12.1 Å². The fraction of sp³-hybridized carbons (Fsp3) is 0.235. The number of nitrogens with two attached hydrogens (primary N) is 1. The van der Waals surface area contributed by atoms with Gasteiger partial charge in [-0.05, 0) is 61.7 Å². The number of primary amides is 1. The van der Waals surface area contributed by atoms with Gasteiger partial charge in [-0.2, -0.15) is 0 Å². The van der Waals surface area contributed by atoms with Gasteiger partial charge in [0.2, 0.25) is 5.91 Å². The van der Waals surface area contributed by atoms with E-state index in [9.17, 15) is 13.2 Å². The first-order valence-electron chi connectivity index (χ1n) is 7.25. The van der Waals surface area contributed by atoms with Crippen LogP contribution in [0.5, 0.6) is 5.75 Å². The number of nitrogens with one attached hydrogen (secondary N) is 1. The summed E-state index contributed by atoms with van der Waals surface area (Å²) in [5.74, 6) is 0.0170. The molecule has 0 aliphatic carbocycles. The fourth-order valence-corrected chi connectivity index (χ4v) is 4.17. The molecule has 0 unspecified atom stereocenters. The van der Waals surface area contributed by atoms with Gasteiger partial charge in [0.05, 0.1) is 12.0 Å². The van der Waals surface area contributed by atoms with Crippen LogP contribution in [0.3, 0.4) is 0 Å². The van der Waals surface area contributed by atoms with Crippen molar-refractivity contribution in [3.05, 3.63) is 52.6 Å². The third-order valence-corrected chi connectivity index (χ3v) is 5.54. The Morgan fingerprint density at radius 3 is 2.38 bits per heavy atom. The molecule has 2 rings (SSSR count). The Kier molecular flexibility index (Phi) is 4.84. The van der Waals surface area contributed by atoms with Gasteiger partial charge in [-0.25, -0.2) is 8.42 Å². The van der Waals surface area contributed by atoms with Gasteiger partial charge in [0, 0.05) is 11.3 Å². The highest BCUT2D eigenvalue weighted by molar-refractivity contribution is 7.92. The number of ether oxygens (including phenoxy) is 1. The molecular weight excluding hydrogens is 328 g/mol. The molecule has 0 fully saturated rings. The van der Waals surface area contributed by atoms with E-state index in [-0.39, 0.29) is 16.1 Å². The number of carbonyl (C=O) groups excluding carboxylic acids is 1. The minimum Gasteiger partial charge on any atom is -0.496 e. The van der Waals surface area contributed by atoms with Gasteiger partial charge in [0.1, 0.15) is 5.75 Å². The Morgan fingerprint density at radius 1 is 1.12 bits per heavy atom. The minimum atomic E-state index is -3.82. The molecule has 0 heterocycles. The second-order valence-corrected chi connectivity index (χ2v) is 7.14. The molecule has 0 spiro atoms. The van der Waals surface area contributed by atoms with E-state index in [2.05, 4.69) is 4.72 Å². The number of carbonyl (C=O) groups is 1. The van der Waals surface area contributed by atoms with E-state index in [0.717, 1.165) is 5.56 Å². The second kappa shape index (κ2) is 6.52. The maximum Gasteiger partial charge on any atom is 0.262 e. The predicted octanol–water partition coefficient (Wildman–Crippen LogP) is 2.52. The monoisotopic (exact) mass is 348 g/mol. The molecule has 7 heteroatoms. The average Bonchev–Trinajstić information content (AvgIpc) is 2.50. The molecule has 24 heavy (non-hydrogen) atoms. The van der Waals surface area contributed by atoms with Crippen molar-refractivity contribution in [1.29, 1.82) is 0 Å². The summed E-state index contributed by atoms with van der Waals surface area (Å²) in [6.45, 7) is 5.25. The average molecular weight is 348 g/mol. The van der Waals surface area contributed by atoms with E-state index in [1.54, 1.807) is 46.1 Å². The molecule has 0 saturated carbocycles. The van der Waals surface area contributed by atoms with Crippen LogP contribution in [-0.4, -0.2) is 21.4 Å². The summed E-state index contributed by atoms with van der Waals surface area (Å²) in [6, 6.07) is 7.74. The molecule has 6 nitrogen and oxygen atoms in total. The molecule has 0 atom stereocenters. The van der Waals surface area contributed by atoms with Crippen LogP contribution in [0, 0.1) is 20.8 Å². The summed E-state index contributed by atoms with van der Waals surface area (Å²) < 4.78 is 33.4. The van der Waals surface area contributed by atoms with Crippen molar-refractivity contribution in [3.8, 4) is 5.75 Å². The first kappa shape index (κ1) is 17.8. The molecule has 0 aliphatic heterocycles. The van der Waals surface area contributed by atoms with Gasteiger partial charge in [0.15, 0.2) is 0 Å². The molecule has 0 bridgehead atoms. The maximum absolute atomic E-state index is 12.8. The van der Waals surface area contributed by atoms with E-state index in [4.69, 9.17) is 10.5 Å². The van der Waals surface area contributed by atoms with Crippen molar-refractivity contribution >= 4 is 21.6 Å². The summed E-state index contributed by atoms with van der Waals surface area (Å²) in [6.07, 6.45) is 0. The number of sulfonamides is 1. The van der Waals surface area contributed by atoms with Crippen LogP contribution in [0.25, 0.3) is 0 Å². The normalized spacial score (nSPS) is 11.2. The highest BCUT2D eigenvalue weighted by atomic mass is 32.2. The van der Waals surface area contributed by atoms with Gasteiger partial charge in [-0.1, -0.05) is 6.07 Å². The van der Waals surface area contributed by atoms with Crippen LogP contribution >= 0.6 is 0 Å². The predicted molar refractivity (Wildman–Crippen MR) is 93.0 cm³/mol. The van der Waals surface area contributed by atoms with Gasteiger partial charge in [0.25, 0.3) is 10.0 Å². The molecule has 0 aromatic heterocycles. The van der Waals surface area contributed by atoms with E-state index in [0.29, 0.717) is 16.9 Å². The molecule has 128 valence electrons. The molecule has 0 radical (unpaired) electrons. The molecule has 1 amide bonds. The lowest BCUT2D eigenvalue weighted by Crippen LogP contribution is -2.17. The maximum atomic E-state index is 12.8. The lowest BCUT2D eigenvalue weighted by molar-refractivity contribution is 0.100. The Labute approximate surface area is 141 Å². The van der Waals surface area contributed by atoms with Crippen molar-refractivity contribution in [2.75, 3.05) is 11.8 Å². The Bertz CT molecular complexity index is 905. The zero-order chi connectivity index (χ0) is 18.1. The quantitative estimate of drug-likeness (QED) is 0.867. The smallest absolute Gasteiger partial charge is 0.262 e. The van der Waals surface area contributed by atoms with Gasteiger partial charge in [-0.3, -0.25) is 9.52 Å². The van der Waals surface area contributed by atoms with Crippen molar-refractivity contribution < 1.29 is 17.9 Å². The molecular formula is C17H20N2O4S. The molecule has 3 N–H and O–H groups in total. The zero-order valence-electron chi connectivity index (χ0n) is 14.0. The van der Waals surface area contributed by atoms with E-state index < -0.39 is 15.9 Å². The van der Waals surface area contributed by atoms with Crippen LogP contribution in [-0.2, 0) is 10.0 Å². The lowest BCUT2D eigenvalue weighted by Gasteiger charge is -2.17. The number of benzene rings is 2. The third kappa shape index (κ3) is 3.35. The van der Waals surface area contributed by atoms with Crippen molar-refractivity contribution in [1.82, 2.24) is 0 Å². The lowest BCUT2D eigenvalue weighted by atomic mass is 10.1. The first-order valence-corrected chi connectivity index (χ1v) is 8.73. The summed E-state index contributed by atoms with van der Waals surface area (Å²) in [7, 11) is -2.28. The summed E-state index contributed by atoms with van der Waals surface area (Å²) in [5, 5.41) is 0. The SMILES string of the molecule is COc1cc(C)c(S(=O)(=O)Nc2cccc(C(N)=O)c2)c(C)c1C. The number of amides is 1. The molecule has 0 saturated heterocycles. The number of anilines is 1. The second-order valence-electron chi connectivity index (χ2n) is 5.53. The standard InChI is InChI=1S/C17H20N2O4S/c1-10-8-15(23-4)11(2)12(3)16(10)24(21,22)19-14-7-5-6-13(9-14)17(18)20/h5-9,19H,1-4H3,(H2,18,20). The third-order valence-electron chi connectivity index (χ3n) is 3.87. The Morgan fingerprint density at radius 2 is 1.79 bits per heavy atom. The first-order chi connectivity index (χ1) is 11.2. The summed E-state index contributed by atoms with van der Waals surface area (Å²) >= 11 is 0. The largest absolute Gasteiger partial charge is 0.496 e. The zero-order valence-corrected chi connectivity index (χ0v) is 14.8. The van der Waals surface area contributed by atoms with Crippen LogP contribution in [0.15, 0.2) is 35.2 Å². The van der Waals surface area contributed by atoms with Crippen molar-refractivity contribution in [2.24, 2.45) is 5.73 Å². The highest BCUT2D eigenvalue weighted by Gasteiger charge is 2.23. The number of methoxy groups -OCH3 is 1. The van der Waals surface area contributed by atoms with Crippen molar-refractivity contribution in [3.63, 3.8) is 0 Å². The van der Waals surface area contributed by atoms with Crippen LogP contribution in [0.2, 0.25) is 0 Å². The number of hydrogen-bond acceptors (Lipinski definition) is 4. The minimum absolute atomic E-state index is 0.199. The Hall–Kier alpha value is -2.54. The molecule has 2 aromatic carbocycles. The van der Waals surface area contributed by atoms with Gasteiger partial charge >= 0.3 is 0 Å². The van der Waals surface area contributed by atoms with Crippen LogP contribution in [0.1, 0.15) is 27.0 Å². The van der Waals surface area contributed by atoms with Gasteiger partial charge < -0.3 is 10.5 Å². The summed E-state index contributed by atoms with van der Waals surface area (Å²) in [4.78, 5) is 11.4. The van der Waals surface area contributed by atoms with Crippen molar-refractivity contribution in [2.45, 2.75) is 25.7 Å². The Balaban J connectivity index is 2.51. The van der Waals surface area contributed by atoms with E-state index in [1.807, 2.05) is 0 Å². The summed E-state index contributed by atoms with van der Waals surface area (Å²) in [5.41, 5.74) is 7.69. The number of hydrogen-bond donors (Lipinski definition) is 2. The fourth-order valence-electron chi connectivity index (χ4n) is 2.59. The number of rotatable bonds is 5. The van der Waals surface area contributed by atoms with Crippen LogP contribution in [0.4, 0.5) is 5.69 Å². The topological polar surface area (TPSA) is 98.5 Å². The van der Waals surface area contributed by atoms with Crippen LogP contribution < -0.4 is 15.2 Å². The van der Waals surface area contributed by atoms with E-state index >= 15 is 0 Å². The molecule has 0 aliphatic rings. The molecule has 2 aromatic rings. The highest BCUT2D eigenvalue weighted by Crippen LogP contribution is 2.31.